The summed E-state index contributed by atoms with van der Waals surface area (Å²) < 4.78 is 26.7. The summed E-state index contributed by atoms with van der Waals surface area (Å²) >= 11 is 12.5. The summed E-state index contributed by atoms with van der Waals surface area (Å²) in [6, 6.07) is 0. The van der Waals surface area contributed by atoms with Crippen LogP contribution >= 0.6 is 23.2 Å². The highest BCUT2D eigenvalue weighted by atomic mass is 35.5. The zero-order valence-electron chi connectivity index (χ0n) is 18.1. The molecule has 3 fully saturated rings. The molecule has 1 saturated heterocycles. The van der Waals surface area contributed by atoms with Crippen molar-refractivity contribution in [2.45, 2.75) is 75.5 Å². The minimum atomic E-state index is -2.16. The van der Waals surface area contributed by atoms with Crippen molar-refractivity contribution < 1.29 is 23.5 Å². The topological polar surface area (TPSA) is 52.6 Å². The molecule has 1 heterocycles. The van der Waals surface area contributed by atoms with E-state index in [0.717, 1.165) is 5.57 Å². The van der Waals surface area contributed by atoms with Crippen LogP contribution in [0.2, 0.25) is 0 Å². The molecule has 0 aromatic carbocycles. The minimum absolute atomic E-state index is 0.0126. The fraction of sp³-hybridized carbons (Fsp3) is 0.667. The van der Waals surface area contributed by atoms with Gasteiger partial charge in [0.25, 0.3) is 0 Å². The first-order valence-electron chi connectivity index (χ1n) is 10.9. The number of hydrogen-bond donors (Lipinski definition) is 0. The summed E-state index contributed by atoms with van der Waals surface area (Å²) in [6.45, 7) is 7.61. The molecule has 31 heavy (non-hydrogen) atoms. The Hall–Kier alpha value is -1.01. The van der Waals surface area contributed by atoms with Crippen molar-refractivity contribution in [2.75, 3.05) is 0 Å². The van der Waals surface area contributed by atoms with Gasteiger partial charge in [-0.05, 0) is 69.6 Å². The van der Waals surface area contributed by atoms with E-state index in [-0.39, 0.29) is 23.0 Å². The van der Waals surface area contributed by atoms with Crippen LogP contribution in [-0.2, 0) is 19.1 Å². The van der Waals surface area contributed by atoms with E-state index >= 15 is 0 Å². The molecule has 0 N–H and O–H groups in total. The Kier molecular flexibility index (Phi) is 4.59. The van der Waals surface area contributed by atoms with Crippen molar-refractivity contribution in [3.63, 3.8) is 0 Å². The molecule has 1 aliphatic heterocycles. The van der Waals surface area contributed by atoms with Crippen molar-refractivity contribution in [2.24, 2.45) is 22.7 Å². The summed E-state index contributed by atoms with van der Waals surface area (Å²) in [5, 5.41) is -0.296. The molecule has 0 aromatic heterocycles. The van der Waals surface area contributed by atoms with E-state index in [4.69, 9.17) is 32.7 Å². The Bertz CT molecular complexity index is 969. The van der Waals surface area contributed by atoms with Crippen molar-refractivity contribution in [1.29, 1.82) is 0 Å². The molecule has 0 bridgehead atoms. The number of rotatable bonds is 2. The average Bonchev–Trinajstić information content (AvgIpc) is 3.08. The highest BCUT2D eigenvalue weighted by Crippen LogP contribution is 2.69. The van der Waals surface area contributed by atoms with Gasteiger partial charge < -0.3 is 9.47 Å². The number of alkyl halides is 3. The van der Waals surface area contributed by atoms with Crippen molar-refractivity contribution >= 4 is 34.8 Å². The lowest BCUT2D eigenvalue weighted by molar-refractivity contribution is -0.205. The van der Waals surface area contributed by atoms with Crippen LogP contribution in [0.4, 0.5) is 4.39 Å². The third-order valence-corrected chi connectivity index (χ3v) is 9.10. The van der Waals surface area contributed by atoms with Gasteiger partial charge >= 0.3 is 0 Å². The summed E-state index contributed by atoms with van der Waals surface area (Å²) in [7, 11) is 0. The maximum Gasteiger partial charge on any atom is 0.234 e. The van der Waals surface area contributed by atoms with Crippen LogP contribution in [0.15, 0.2) is 35.5 Å². The Morgan fingerprint density at radius 3 is 2.61 bits per heavy atom. The average molecular weight is 469 g/mol. The Morgan fingerprint density at radius 1 is 1.23 bits per heavy atom. The van der Waals surface area contributed by atoms with Crippen LogP contribution in [0.5, 0.6) is 0 Å². The second kappa shape index (κ2) is 6.53. The SMILES string of the molecule is CC1(C)O[C@@H]2C[C@H]3[C@@H]4C[C@H](Cl)C5=CC(=O)C=C[C@]5(C)C4=CC[C@]3(C)[C@]2(C(=O)C(F)Cl)O1. The molecule has 0 spiro atoms. The lowest BCUT2D eigenvalue weighted by Crippen LogP contribution is -2.60. The molecule has 8 atom stereocenters. The molecule has 4 aliphatic carbocycles. The predicted octanol–water partition coefficient (Wildman–Crippen LogP) is 5.04. The number of hydrogen-bond acceptors (Lipinski definition) is 4. The van der Waals surface area contributed by atoms with Gasteiger partial charge in [0, 0.05) is 10.8 Å². The largest absolute Gasteiger partial charge is 0.344 e. The molecule has 168 valence electrons. The lowest BCUT2D eigenvalue weighted by Gasteiger charge is -2.55. The zero-order chi connectivity index (χ0) is 22.6. The van der Waals surface area contributed by atoms with Crippen molar-refractivity contribution in [3.8, 4) is 0 Å². The monoisotopic (exact) mass is 468 g/mol. The van der Waals surface area contributed by atoms with Crippen LogP contribution < -0.4 is 0 Å². The molecule has 5 rings (SSSR count). The van der Waals surface area contributed by atoms with Gasteiger partial charge in [0.1, 0.15) is 0 Å². The van der Waals surface area contributed by atoms with Gasteiger partial charge in [-0.15, -0.1) is 11.6 Å². The zero-order valence-corrected chi connectivity index (χ0v) is 19.6. The van der Waals surface area contributed by atoms with Crippen LogP contribution in [0, 0.1) is 22.7 Å². The molecule has 5 aliphatic rings. The van der Waals surface area contributed by atoms with Gasteiger partial charge in [-0.2, -0.15) is 0 Å². The number of allylic oxidation sites excluding steroid dienone is 6. The number of carbonyl (C=O) groups excluding carboxylic acids is 2. The summed E-state index contributed by atoms with van der Waals surface area (Å²) in [6.07, 6.45) is 8.55. The van der Waals surface area contributed by atoms with Crippen molar-refractivity contribution in [3.05, 3.63) is 35.5 Å². The third kappa shape index (κ3) is 2.67. The highest BCUT2D eigenvalue weighted by Gasteiger charge is 2.75. The minimum Gasteiger partial charge on any atom is -0.344 e. The van der Waals surface area contributed by atoms with E-state index < -0.39 is 39.7 Å². The third-order valence-electron chi connectivity index (χ3n) is 8.49. The maximum absolute atomic E-state index is 14.3. The van der Waals surface area contributed by atoms with Gasteiger partial charge in [0.2, 0.25) is 11.4 Å². The van der Waals surface area contributed by atoms with Crippen LogP contribution in [0.25, 0.3) is 0 Å². The molecule has 0 amide bonds. The van der Waals surface area contributed by atoms with E-state index in [1.165, 1.54) is 5.57 Å². The number of halogens is 3. The second-order valence-electron chi connectivity index (χ2n) is 10.5. The number of Topliss-reactive ketones (excluding diaryl/α,β-unsaturated/α-hetero) is 1. The quantitative estimate of drug-likeness (QED) is 0.420. The van der Waals surface area contributed by atoms with Gasteiger partial charge in [-0.3, -0.25) is 9.59 Å². The van der Waals surface area contributed by atoms with Gasteiger partial charge in [0.15, 0.2) is 17.2 Å². The highest BCUT2D eigenvalue weighted by molar-refractivity contribution is 6.31. The molecular formula is C24H27Cl2FO4. The number of carbonyl (C=O) groups is 2. The van der Waals surface area contributed by atoms with E-state index in [1.807, 2.05) is 13.0 Å². The molecule has 2 saturated carbocycles. The smallest absolute Gasteiger partial charge is 0.234 e. The van der Waals surface area contributed by atoms with Gasteiger partial charge in [-0.25, -0.2) is 4.39 Å². The Morgan fingerprint density at radius 2 is 1.94 bits per heavy atom. The molecular weight excluding hydrogens is 442 g/mol. The number of ether oxygens (including phenoxy) is 2. The molecule has 7 heteroatoms. The van der Waals surface area contributed by atoms with Crippen LogP contribution in [0.1, 0.15) is 47.0 Å². The molecule has 0 radical (unpaired) electrons. The predicted molar refractivity (Wildman–Crippen MR) is 116 cm³/mol. The van der Waals surface area contributed by atoms with Gasteiger partial charge in [-0.1, -0.05) is 36.2 Å². The summed E-state index contributed by atoms with van der Waals surface area (Å²) in [5.74, 6) is -1.71. The van der Waals surface area contributed by atoms with E-state index in [1.54, 1.807) is 26.0 Å². The second-order valence-corrected chi connectivity index (χ2v) is 11.4. The van der Waals surface area contributed by atoms with E-state index in [0.29, 0.717) is 19.3 Å². The fourth-order valence-corrected chi connectivity index (χ4v) is 7.88. The van der Waals surface area contributed by atoms with E-state index in [2.05, 4.69) is 13.0 Å². The van der Waals surface area contributed by atoms with Crippen molar-refractivity contribution in [1.82, 2.24) is 0 Å². The molecule has 4 nitrogen and oxygen atoms in total. The maximum atomic E-state index is 14.3. The van der Waals surface area contributed by atoms with Gasteiger partial charge in [0.05, 0.1) is 11.5 Å². The standard InChI is InChI=1S/C24H27Cl2FO4/c1-21(2)30-18-11-15-13-10-17(25)16-9-12(28)5-7-22(16,3)14(13)6-8-23(15,4)24(18,31-21)19(29)20(26)27/h5-7,9,13,15,17-18,20H,8,10-11H2,1-4H3/t13-,15+,17+,18-,20?,22-,23+,24+/m1/s1. The van der Waals surface area contributed by atoms with Crippen LogP contribution in [0.3, 0.4) is 0 Å². The molecule has 1 unspecified atom stereocenters. The first-order valence-corrected chi connectivity index (χ1v) is 11.7. The number of fused-ring (bicyclic) bond motifs is 7. The molecule has 0 aromatic rings. The Balaban J connectivity index is 1.64. The summed E-state index contributed by atoms with van der Waals surface area (Å²) in [4.78, 5) is 25.2. The fourth-order valence-electron chi connectivity index (χ4n) is 7.23. The lowest BCUT2D eigenvalue weighted by atomic mass is 9.51. The van der Waals surface area contributed by atoms with E-state index in [9.17, 15) is 14.0 Å². The first kappa shape index (κ1) is 21.8. The normalized spacial score (nSPS) is 48.2. The van der Waals surface area contributed by atoms with Crippen LogP contribution in [-0.4, -0.2) is 40.1 Å². The number of ketones is 2. The Labute approximate surface area is 191 Å². The first-order chi connectivity index (χ1) is 14.4. The summed E-state index contributed by atoms with van der Waals surface area (Å²) in [5.41, 5.74) is -2.58.